The van der Waals surface area contributed by atoms with E-state index in [1.165, 1.54) is 11.8 Å². The zero-order chi connectivity index (χ0) is 12.0. The summed E-state index contributed by atoms with van der Waals surface area (Å²) in [6, 6.07) is 5.38. The number of halogens is 1. The van der Waals surface area contributed by atoms with Crippen LogP contribution in [0.3, 0.4) is 0 Å². The Hall–Kier alpha value is -0.930. The molecular weight excluding hydrogens is 242 g/mol. The standard InChI is InChI=1S/C12H14ClNOS/c1-9(15)16-7-3-2-4-10-8-11(14)5-6-12(10)13/h2,4-6,8H,3,7,14H2,1H3. The molecule has 0 fully saturated rings. The van der Waals surface area contributed by atoms with Crippen molar-refractivity contribution in [3.05, 3.63) is 34.9 Å². The molecule has 2 nitrogen and oxygen atoms in total. The fourth-order valence-corrected chi connectivity index (χ4v) is 1.89. The highest BCUT2D eigenvalue weighted by Crippen LogP contribution is 2.20. The van der Waals surface area contributed by atoms with Gasteiger partial charge in [-0.2, -0.15) is 0 Å². The molecule has 0 aliphatic heterocycles. The van der Waals surface area contributed by atoms with E-state index in [2.05, 4.69) is 0 Å². The minimum Gasteiger partial charge on any atom is -0.399 e. The van der Waals surface area contributed by atoms with E-state index in [0.29, 0.717) is 10.7 Å². The van der Waals surface area contributed by atoms with Gasteiger partial charge in [0.15, 0.2) is 5.12 Å². The molecule has 0 aliphatic rings. The first-order chi connectivity index (χ1) is 7.59. The fourth-order valence-electron chi connectivity index (χ4n) is 1.17. The average Bonchev–Trinajstić information content (AvgIpc) is 2.22. The molecule has 0 saturated carbocycles. The molecule has 0 unspecified atom stereocenters. The lowest BCUT2D eigenvalue weighted by molar-refractivity contribution is -0.109. The second kappa shape index (κ2) is 6.61. The van der Waals surface area contributed by atoms with Crippen LogP contribution in [0.15, 0.2) is 24.3 Å². The van der Waals surface area contributed by atoms with E-state index in [1.807, 2.05) is 18.2 Å². The van der Waals surface area contributed by atoms with Gasteiger partial charge < -0.3 is 5.73 Å². The van der Waals surface area contributed by atoms with E-state index in [4.69, 9.17) is 17.3 Å². The number of nitrogen functional groups attached to an aromatic ring is 1. The smallest absolute Gasteiger partial charge is 0.185 e. The topological polar surface area (TPSA) is 43.1 Å². The molecular formula is C12H14ClNOS. The molecule has 0 spiro atoms. The van der Waals surface area contributed by atoms with Crippen molar-refractivity contribution in [3.63, 3.8) is 0 Å². The molecule has 4 heteroatoms. The summed E-state index contributed by atoms with van der Waals surface area (Å²) in [5.41, 5.74) is 7.26. The Morgan fingerprint density at radius 1 is 1.56 bits per heavy atom. The Kier molecular flexibility index (Phi) is 5.43. The summed E-state index contributed by atoms with van der Waals surface area (Å²) in [4.78, 5) is 10.7. The quantitative estimate of drug-likeness (QED) is 0.660. The van der Waals surface area contributed by atoms with E-state index < -0.39 is 0 Å². The number of hydrogen-bond acceptors (Lipinski definition) is 3. The largest absolute Gasteiger partial charge is 0.399 e. The third kappa shape index (κ3) is 4.73. The summed E-state index contributed by atoms with van der Waals surface area (Å²) in [6.45, 7) is 1.57. The van der Waals surface area contributed by atoms with Gasteiger partial charge in [0.25, 0.3) is 0 Å². The first kappa shape index (κ1) is 13.1. The van der Waals surface area contributed by atoms with Gasteiger partial charge in [-0.05, 0) is 30.2 Å². The monoisotopic (exact) mass is 255 g/mol. The number of anilines is 1. The van der Waals surface area contributed by atoms with Crippen molar-refractivity contribution in [2.45, 2.75) is 13.3 Å². The number of hydrogen-bond donors (Lipinski definition) is 1. The Morgan fingerprint density at radius 2 is 2.31 bits per heavy atom. The van der Waals surface area contributed by atoms with Gasteiger partial charge in [-0.1, -0.05) is 35.5 Å². The second-order valence-electron chi connectivity index (χ2n) is 3.31. The van der Waals surface area contributed by atoms with Crippen molar-refractivity contribution in [2.24, 2.45) is 0 Å². The van der Waals surface area contributed by atoms with Crippen LogP contribution in [-0.4, -0.2) is 10.9 Å². The highest BCUT2D eigenvalue weighted by Gasteiger charge is 1.96. The minimum absolute atomic E-state index is 0.149. The molecule has 1 rings (SSSR count). The van der Waals surface area contributed by atoms with Gasteiger partial charge in [0.05, 0.1) is 0 Å². The van der Waals surface area contributed by atoms with Gasteiger partial charge in [-0.3, -0.25) is 4.79 Å². The number of benzene rings is 1. The molecule has 0 aliphatic carbocycles. The molecule has 0 bridgehead atoms. The number of rotatable bonds is 4. The SMILES string of the molecule is CC(=O)SCCC=Cc1cc(N)ccc1Cl. The summed E-state index contributed by atoms with van der Waals surface area (Å²) in [5, 5.41) is 0.833. The van der Waals surface area contributed by atoms with Crippen LogP contribution in [0.5, 0.6) is 0 Å². The highest BCUT2D eigenvalue weighted by atomic mass is 35.5. The normalized spacial score (nSPS) is 10.9. The van der Waals surface area contributed by atoms with Crippen LogP contribution in [0.2, 0.25) is 5.02 Å². The zero-order valence-corrected chi connectivity index (χ0v) is 10.6. The molecule has 1 aromatic rings. The number of carbonyl (C=O) groups excluding carboxylic acids is 1. The maximum Gasteiger partial charge on any atom is 0.185 e. The Balaban J connectivity index is 2.49. The molecule has 0 radical (unpaired) electrons. The van der Waals surface area contributed by atoms with Crippen LogP contribution in [0.25, 0.3) is 6.08 Å². The number of carbonyl (C=O) groups is 1. The highest BCUT2D eigenvalue weighted by molar-refractivity contribution is 8.13. The summed E-state index contributed by atoms with van der Waals surface area (Å²) in [7, 11) is 0. The second-order valence-corrected chi connectivity index (χ2v) is 4.99. The lowest BCUT2D eigenvalue weighted by Crippen LogP contribution is -1.86. The van der Waals surface area contributed by atoms with Gasteiger partial charge in [0.1, 0.15) is 0 Å². The molecule has 0 saturated heterocycles. The minimum atomic E-state index is 0.149. The van der Waals surface area contributed by atoms with Crippen LogP contribution in [0.4, 0.5) is 5.69 Å². The van der Waals surface area contributed by atoms with Crippen molar-refractivity contribution < 1.29 is 4.79 Å². The van der Waals surface area contributed by atoms with Gasteiger partial charge in [-0.25, -0.2) is 0 Å². The molecule has 0 aromatic heterocycles. The van der Waals surface area contributed by atoms with E-state index >= 15 is 0 Å². The maximum absolute atomic E-state index is 10.7. The van der Waals surface area contributed by atoms with Crippen LogP contribution in [0, 0.1) is 0 Å². The van der Waals surface area contributed by atoms with E-state index in [9.17, 15) is 4.79 Å². The van der Waals surface area contributed by atoms with Crippen molar-refractivity contribution >= 4 is 40.2 Å². The molecule has 2 N–H and O–H groups in total. The summed E-state index contributed by atoms with van der Waals surface area (Å²) < 4.78 is 0. The fraction of sp³-hybridized carbons (Fsp3) is 0.250. The van der Waals surface area contributed by atoms with Crippen LogP contribution >= 0.6 is 23.4 Å². The lowest BCUT2D eigenvalue weighted by atomic mass is 10.2. The third-order valence-electron chi connectivity index (χ3n) is 1.91. The lowest BCUT2D eigenvalue weighted by Gasteiger charge is -1.99. The first-order valence-electron chi connectivity index (χ1n) is 4.94. The summed E-state index contributed by atoms with van der Waals surface area (Å²) in [6.07, 6.45) is 4.77. The van der Waals surface area contributed by atoms with Crippen LogP contribution in [-0.2, 0) is 4.79 Å². The van der Waals surface area contributed by atoms with Crippen molar-refractivity contribution in [2.75, 3.05) is 11.5 Å². The number of nitrogens with two attached hydrogens (primary N) is 1. The van der Waals surface area contributed by atoms with Gasteiger partial charge in [-0.15, -0.1) is 0 Å². The number of allylic oxidation sites excluding steroid dienone is 1. The Labute approximate surface area is 105 Å². The predicted octanol–water partition coefficient (Wildman–Crippen LogP) is 3.61. The summed E-state index contributed by atoms with van der Waals surface area (Å²) >= 11 is 7.32. The van der Waals surface area contributed by atoms with Gasteiger partial charge in [0, 0.05) is 23.4 Å². The maximum atomic E-state index is 10.7. The zero-order valence-electron chi connectivity index (χ0n) is 9.07. The number of thioether (sulfide) groups is 1. The van der Waals surface area contributed by atoms with Gasteiger partial charge in [0.2, 0.25) is 0 Å². The summed E-state index contributed by atoms with van der Waals surface area (Å²) in [5.74, 6) is 0.797. The predicted molar refractivity (Wildman–Crippen MR) is 72.7 cm³/mol. The van der Waals surface area contributed by atoms with Crippen LogP contribution in [0.1, 0.15) is 18.9 Å². The molecule has 0 atom stereocenters. The Morgan fingerprint density at radius 3 is 3.00 bits per heavy atom. The Bertz CT molecular complexity index is 404. The molecule has 0 amide bonds. The van der Waals surface area contributed by atoms with E-state index in [1.54, 1.807) is 19.1 Å². The molecule has 86 valence electrons. The van der Waals surface area contributed by atoms with Crippen molar-refractivity contribution in [3.8, 4) is 0 Å². The molecule has 0 heterocycles. The van der Waals surface area contributed by atoms with E-state index in [0.717, 1.165) is 17.7 Å². The van der Waals surface area contributed by atoms with Crippen molar-refractivity contribution in [1.82, 2.24) is 0 Å². The average molecular weight is 256 g/mol. The van der Waals surface area contributed by atoms with Crippen molar-refractivity contribution in [1.29, 1.82) is 0 Å². The van der Waals surface area contributed by atoms with Gasteiger partial charge >= 0.3 is 0 Å². The third-order valence-corrected chi connectivity index (χ3v) is 3.10. The van der Waals surface area contributed by atoms with Crippen LogP contribution < -0.4 is 5.73 Å². The molecule has 16 heavy (non-hydrogen) atoms. The first-order valence-corrected chi connectivity index (χ1v) is 6.31. The molecule has 1 aromatic carbocycles. The van der Waals surface area contributed by atoms with E-state index in [-0.39, 0.29) is 5.12 Å².